The van der Waals surface area contributed by atoms with Crippen molar-refractivity contribution in [1.82, 2.24) is 29.4 Å². The van der Waals surface area contributed by atoms with Crippen molar-refractivity contribution in [3.63, 3.8) is 0 Å². The number of benzene rings is 1. The predicted octanol–water partition coefficient (Wildman–Crippen LogP) is 1.00. The molecule has 4 rings (SSSR count). The molecule has 0 N–H and O–H groups in total. The van der Waals surface area contributed by atoms with E-state index in [1.807, 2.05) is 25.1 Å². The van der Waals surface area contributed by atoms with Crippen molar-refractivity contribution >= 4 is 23.6 Å². The third kappa shape index (κ3) is 5.52. The molecule has 1 saturated heterocycles. The summed E-state index contributed by atoms with van der Waals surface area (Å²) in [6.45, 7) is 6.99. The normalized spacial score (nSPS) is 16.1. The van der Waals surface area contributed by atoms with Gasteiger partial charge in [0.15, 0.2) is 5.69 Å². The lowest BCUT2D eigenvalue weighted by Gasteiger charge is -2.34. The lowest BCUT2D eigenvalue weighted by atomic mass is 10.1. The Hall–Kier alpha value is -3.69. The molecule has 0 radical (unpaired) electrons. The third-order valence-electron chi connectivity index (χ3n) is 6.56. The van der Waals surface area contributed by atoms with Gasteiger partial charge in [0, 0.05) is 65.9 Å². The number of hydrogen-bond donors (Lipinski definition) is 0. The average molecular weight is 481 g/mol. The first-order chi connectivity index (χ1) is 16.7. The van der Waals surface area contributed by atoms with Crippen LogP contribution in [-0.4, -0.2) is 99.3 Å². The third-order valence-corrected chi connectivity index (χ3v) is 6.56. The van der Waals surface area contributed by atoms with Crippen molar-refractivity contribution in [2.75, 3.05) is 46.3 Å². The fourth-order valence-electron chi connectivity index (χ4n) is 4.56. The molecule has 0 spiro atoms. The first-order valence-electron chi connectivity index (χ1n) is 11.9. The number of carbonyl (C=O) groups is 4. The number of amides is 4. The molecular weight excluding hydrogens is 448 g/mol. The van der Waals surface area contributed by atoms with Crippen molar-refractivity contribution in [3.05, 3.63) is 52.8 Å². The second-order valence-corrected chi connectivity index (χ2v) is 9.26. The van der Waals surface area contributed by atoms with Gasteiger partial charge in [0.1, 0.15) is 5.69 Å². The van der Waals surface area contributed by atoms with Gasteiger partial charge in [-0.1, -0.05) is 29.8 Å². The van der Waals surface area contributed by atoms with Crippen LogP contribution in [0.3, 0.4) is 0 Å². The van der Waals surface area contributed by atoms with E-state index in [4.69, 9.17) is 0 Å². The molecule has 35 heavy (non-hydrogen) atoms. The lowest BCUT2D eigenvalue weighted by molar-refractivity contribution is -0.138. The monoisotopic (exact) mass is 480 g/mol. The minimum Gasteiger partial charge on any atom is -0.339 e. The number of piperazine rings is 1. The quantitative estimate of drug-likeness (QED) is 0.636. The highest BCUT2D eigenvalue weighted by atomic mass is 16.2. The summed E-state index contributed by atoms with van der Waals surface area (Å²) in [4.78, 5) is 56.9. The average Bonchev–Trinajstić information content (AvgIpc) is 3.20. The van der Waals surface area contributed by atoms with E-state index in [1.54, 1.807) is 26.4 Å². The van der Waals surface area contributed by atoms with E-state index in [0.717, 1.165) is 17.5 Å². The molecule has 1 fully saturated rings. The van der Waals surface area contributed by atoms with E-state index in [2.05, 4.69) is 11.2 Å². The van der Waals surface area contributed by atoms with E-state index in [0.29, 0.717) is 51.5 Å². The molecular formula is C25H32N6O4. The van der Waals surface area contributed by atoms with Gasteiger partial charge in [-0.05, 0) is 18.9 Å². The van der Waals surface area contributed by atoms with Crippen molar-refractivity contribution in [3.8, 4) is 0 Å². The Balaban J connectivity index is 1.40. The van der Waals surface area contributed by atoms with Crippen LogP contribution < -0.4 is 0 Å². The molecule has 0 bridgehead atoms. The van der Waals surface area contributed by atoms with Gasteiger partial charge in [0.05, 0.1) is 6.54 Å². The van der Waals surface area contributed by atoms with Gasteiger partial charge in [0.25, 0.3) is 11.8 Å². The summed E-state index contributed by atoms with van der Waals surface area (Å²) in [5.74, 6) is -0.738. The highest BCUT2D eigenvalue weighted by molar-refractivity contribution is 5.99. The smallest absolute Gasteiger partial charge is 0.274 e. The molecule has 2 aliphatic heterocycles. The van der Waals surface area contributed by atoms with Crippen LogP contribution in [0.5, 0.6) is 0 Å². The van der Waals surface area contributed by atoms with E-state index in [9.17, 15) is 19.2 Å². The van der Waals surface area contributed by atoms with E-state index >= 15 is 0 Å². The van der Waals surface area contributed by atoms with Crippen molar-refractivity contribution in [2.24, 2.45) is 0 Å². The number of nitrogens with zero attached hydrogens (tertiary/aromatic N) is 6. The number of fused-ring (bicyclic) bond motifs is 1. The van der Waals surface area contributed by atoms with Gasteiger partial charge in [-0.2, -0.15) is 5.10 Å². The van der Waals surface area contributed by atoms with Crippen LogP contribution in [0.4, 0.5) is 0 Å². The summed E-state index contributed by atoms with van der Waals surface area (Å²) in [6.07, 6.45) is 0.737. The Labute approximate surface area is 205 Å². The molecule has 3 heterocycles. The Morgan fingerprint density at radius 1 is 1.00 bits per heavy atom. The Bertz CT molecular complexity index is 1130. The molecule has 4 amide bonds. The number of aryl methyl sites for hydroxylation is 2. The Kier molecular flexibility index (Phi) is 7.18. The maximum atomic E-state index is 13.2. The largest absolute Gasteiger partial charge is 0.339 e. The second-order valence-electron chi connectivity index (χ2n) is 9.26. The molecule has 10 nitrogen and oxygen atoms in total. The Morgan fingerprint density at radius 3 is 2.40 bits per heavy atom. The summed E-state index contributed by atoms with van der Waals surface area (Å²) < 4.78 is 1.60. The lowest BCUT2D eigenvalue weighted by Crippen LogP contribution is -2.52. The summed E-state index contributed by atoms with van der Waals surface area (Å²) in [6, 6.07) is 9.61. The standard InChI is InChI=1S/C25H32N6O4/c1-18-6-4-7-20(14-18)16-30-8-5-9-31-22(25(30)35)15-21(26-31)24(34)27(3)17-23(33)29-12-10-28(11-13-29)19(2)32/h4,6-7,14-15H,5,8-13,16-17H2,1-3H3. The van der Waals surface area contributed by atoms with Gasteiger partial charge in [0.2, 0.25) is 11.8 Å². The summed E-state index contributed by atoms with van der Waals surface area (Å²) in [7, 11) is 1.56. The molecule has 1 aromatic heterocycles. The van der Waals surface area contributed by atoms with E-state index < -0.39 is 5.91 Å². The van der Waals surface area contributed by atoms with Crippen molar-refractivity contribution < 1.29 is 19.2 Å². The van der Waals surface area contributed by atoms with Gasteiger partial charge < -0.3 is 19.6 Å². The van der Waals surface area contributed by atoms with E-state index in [-0.39, 0.29) is 30.0 Å². The number of hydrogen-bond acceptors (Lipinski definition) is 5. The summed E-state index contributed by atoms with van der Waals surface area (Å²) in [5, 5.41) is 4.40. The minimum absolute atomic E-state index is 0.00376. The maximum Gasteiger partial charge on any atom is 0.274 e. The number of likely N-dealkylation sites (N-methyl/N-ethyl adjacent to an activating group) is 1. The molecule has 0 aliphatic carbocycles. The fraction of sp³-hybridized carbons (Fsp3) is 0.480. The van der Waals surface area contributed by atoms with Gasteiger partial charge in [-0.3, -0.25) is 23.9 Å². The van der Waals surface area contributed by atoms with Crippen molar-refractivity contribution in [1.29, 1.82) is 0 Å². The first kappa shape index (κ1) is 24.4. The SMILES string of the molecule is CC(=O)N1CCN(C(=O)CN(C)C(=O)c2cc3n(n2)CCCN(Cc2cccc(C)c2)C3=O)CC1. The van der Waals surface area contributed by atoms with Crippen molar-refractivity contribution in [2.45, 2.75) is 33.4 Å². The van der Waals surface area contributed by atoms with Gasteiger partial charge in [-0.25, -0.2) is 0 Å². The molecule has 0 unspecified atom stereocenters. The van der Waals surface area contributed by atoms with Gasteiger partial charge in [-0.15, -0.1) is 0 Å². The number of rotatable bonds is 5. The van der Waals surface area contributed by atoms with Crippen LogP contribution in [0, 0.1) is 6.92 Å². The van der Waals surface area contributed by atoms with Crippen LogP contribution in [0.15, 0.2) is 30.3 Å². The highest BCUT2D eigenvalue weighted by Crippen LogP contribution is 2.18. The van der Waals surface area contributed by atoms with Crippen LogP contribution >= 0.6 is 0 Å². The first-order valence-corrected chi connectivity index (χ1v) is 11.9. The zero-order chi connectivity index (χ0) is 25.1. The Morgan fingerprint density at radius 2 is 1.71 bits per heavy atom. The molecule has 10 heteroatoms. The van der Waals surface area contributed by atoms with Gasteiger partial charge >= 0.3 is 0 Å². The zero-order valence-electron chi connectivity index (χ0n) is 20.6. The maximum absolute atomic E-state index is 13.2. The van der Waals surface area contributed by atoms with Crippen LogP contribution in [0.1, 0.15) is 45.4 Å². The number of aromatic nitrogens is 2. The zero-order valence-corrected chi connectivity index (χ0v) is 20.6. The molecule has 2 aliphatic rings. The minimum atomic E-state index is -0.403. The molecule has 186 valence electrons. The molecule has 1 aromatic carbocycles. The van der Waals surface area contributed by atoms with Crippen LogP contribution in [0.25, 0.3) is 0 Å². The molecule has 0 saturated carbocycles. The van der Waals surface area contributed by atoms with E-state index in [1.165, 1.54) is 17.9 Å². The van der Waals surface area contributed by atoms with Crippen LogP contribution in [0.2, 0.25) is 0 Å². The number of carbonyl (C=O) groups excluding carboxylic acids is 4. The summed E-state index contributed by atoms with van der Waals surface area (Å²) >= 11 is 0. The predicted molar refractivity (Wildman–Crippen MR) is 129 cm³/mol. The second kappa shape index (κ2) is 10.3. The molecule has 2 aromatic rings. The molecule has 0 atom stereocenters. The highest BCUT2D eigenvalue weighted by Gasteiger charge is 2.29. The fourth-order valence-corrected chi connectivity index (χ4v) is 4.56. The summed E-state index contributed by atoms with van der Waals surface area (Å²) in [5.41, 5.74) is 2.74. The van der Waals surface area contributed by atoms with Crippen LogP contribution in [-0.2, 0) is 22.7 Å². The topological polar surface area (TPSA) is 99.1 Å².